The molecule has 5 nitrogen and oxygen atoms in total. The van der Waals surface area contributed by atoms with E-state index in [1.807, 2.05) is 0 Å². The molecule has 7 heteroatoms. The van der Waals surface area contributed by atoms with Crippen molar-refractivity contribution in [3.05, 3.63) is 76.5 Å². The van der Waals surface area contributed by atoms with Crippen molar-refractivity contribution < 1.29 is 13.6 Å². The van der Waals surface area contributed by atoms with Crippen LogP contribution >= 0.6 is 15.9 Å². The summed E-state index contributed by atoms with van der Waals surface area (Å²) in [6.07, 6.45) is 4.35. The third kappa shape index (κ3) is 3.75. The molecule has 0 radical (unpaired) electrons. The predicted molar refractivity (Wildman–Crippen MR) is 91.1 cm³/mol. The molecule has 3 rings (SSSR count). The van der Waals surface area contributed by atoms with E-state index in [1.165, 1.54) is 18.5 Å². The molecule has 1 amide bonds. The molecular weight excluding hydrogens is 377 g/mol. The second-order valence-corrected chi connectivity index (χ2v) is 5.69. The zero-order valence-corrected chi connectivity index (χ0v) is 13.8. The van der Waals surface area contributed by atoms with Crippen LogP contribution in [0.15, 0.2) is 68.8 Å². The zero-order valence-electron chi connectivity index (χ0n) is 12.2. The van der Waals surface area contributed by atoms with E-state index in [9.17, 15) is 9.18 Å². The van der Waals surface area contributed by atoms with Crippen LogP contribution in [0, 0.1) is 5.82 Å². The van der Waals surface area contributed by atoms with Crippen LogP contribution in [0.1, 0.15) is 16.1 Å². The summed E-state index contributed by atoms with van der Waals surface area (Å²) in [5, 5.41) is 3.82. The van der Waals surface area contributed by atoms with Crippen LogP contribution in [0.3, 0.4) is 0 Å². The van der Waals surface area contributed by atoms with Crippen LogP contribution in [-0.4, -0.2) is 17.1 Å². The number of rotatable bonds is 4. The topological polar surface area (TPSA) is 67.5 Å². The molecule has 24 heavy (non-hydrogen) atoms. The van der Waals surface area contributed by atoms with Gasteiger partial charge in [0.25, 0.3) is 5.91 Å². The first-order valence-electron chi connectivity index (χ1n) is 6.92. The molecule has 0 saturated heterocycles. The number of nitrogens with one attached hydrogen (secondary N) is 1. The van der Waals surface area contributed by atoms with Gasteiger partial charge in [-0.2, -0.15) is 5.10 Å². The lowest BCUT2D eigenvalue weighted by Crippen LogP contribution is -2.17. The van der Waals surface area contributed by atoms with Gasteiger partial charge in [0.1, 0.15) is 17.3 Å². The second kappa shape index (κ2) is 7.18. The average molecular weight is 388 g/mol. The molecule has 0 aliphatic carbocycles. The number of pyridine rings is 1. The van der Waals surface area contributed by atoms with E-state index >= 15 is 0 Å². The smallest absolute Gasteiger partial charge is 0.272 e. The molecule has 3 aromatic rings. The van der Waals surface area contributed by atoms with Crippen molar-refractivity contribution in [3.8, 4) is 11.3 Å². The summed E-state index contributed by atoms with van der Waals surface area (Å²) in [7, 11) is 0. The Hall–Kier alpha value is -2.80. The lowest BCUT2D eigenvalue weighted by Gasteiger charge is -1.99. The van der Waals surface area contributed by atoms with Crippen molar-refractivity contribution in [3.63, 3.8) is 0 Å². The SMILES string of the molecule is O=C(NN=Cc1ccc(-c2ccccc2F)o1)c1cncc(Br)c1. The molecule has 0 aliphatic heterocycles. The van der Waals surface area contributed by atoms with E-state index in [-0.39, 0.29) is 5.82 Å². The molecule has 0 spiro atoms. The Kier molecular flexibility index (Phi) is 4.81. The van der Waals surface area contributed by atoms with Crippen molar-refractivity contribution in [2.75, 3.05) is 0 Å². The van der Waals surface area contributed by atoms with Crippen LogP contribution in [-0.2, 0) is 0 Å². The fourth-order valence-corrected chi connectivity index (χ4v) is 2.35. The summed E-state index contributed by atoms with van der Waals surface area (Å²) in [4.78, 5) is 15.8. The summed E-state index contributed by atoms with van der Waals surface area (Å²) in [5.41, 5.74) is 3.10. The monoisotopic (exact) mass is 387 g/mol. The van der Waals surface area contributed by atoms with Gasteiger partial charge in [0.2, 0.25) is 0 Å². The molecule has 0 bridgehead atoms. The molecule has 0 atom stereocenters. The number of hydrazone groups is 1. The number of amides is 1. The quantitative estimate of drug-likeness (QED) is 0.543. The van der Waals surface area contributed by atoms with Gasteiger partial charge in [-0.05, 0) is 46.3 Å². The molecule has 0 unspecified atom stereocenters. The number of carbonyl (C=O) groups is 1. The van der Waals surface area contributed by atoms with Crippen molar-refractivity contribution in [1.82, 2.24) is 10.4 Å². The largest absolute Gasteiger partial charge is 0.455 e. The minimum absolute atomic E-state index is 0.362. The summed E-state index contributed by atoms with van der Waals surface area (Å²) >= 11 is 3.24. The first-order valence-corrected chi connectivity index (χ1v) is 7.71. The fraction of sp³-hybridized carbons (Fsp3) is 0. The Morgan fingerprint density at radius 1 is 1.25 bits per heavy atom. The van der Waals surface area contributed by atoms with Crippen LogP contribution in [0.25, 0.3) is 11.3 Å². The van der Waals surface area contributed by atoms with Crippen LogP contribution in [0.4, 0.5) is 4.39 Å². The van der Waals surface area contributed by atoms with Gasteiger partial charge in [-0.25, -0.2) is 9.82 Å². The highest BCUT2D eigenvalue weighted by molar-refractivity contribution is 9.10. The maximum atomic E-state index is 13.7. The van der Waals surface area contributed by atoms with Gasteiger partial charge in [-0.3, -0.25) is 9.78 Å². The van der Waals surface area contributed by atoms with Crippen molar-refractivity contribution in [2.45, 2.75) is 0 Å². The van der Waals surface area contributed by atoms with E-state index in [2.05, 4.69) is 31.4 Å². The van der Waals surface area contributed by atoms with E-state index in [4.69, 9.17) is 4.42 Å². The molecule has 0 saturated carbocycles. The third-order valence-electron chi connectivity index (χ3n) is 3.09. The Morgan fingerprint density at radius 2 is 2.08 bits per heavy atom. The lowest BCUT2D eigenvalue weighted by atomic mass is 10.1. The normalized spacial score (nSPS) is 10.9. The first-order chi connectivity index (χ1) is 11.6. The van der Waals surface area contributed by atoms with Crippen LogP contribution < -0.4 is 5.43 Å². The van der Waals surface area contributed by atoms with E-state index in [1.54, 1.807) is 42.6 Å². The molecule has 1 aromatic carbocycles. The third-order valence-corrected chi connectivity index (χ3v) is 3.52. The average Bonchev–Trinajstić information content (AvgIpc) is 3.04. The Bertz CT molecular complexity index is 908. The predicted octanol–water partition coefficient (Wildman–Crippen LogP) is 4.01. The summed E-state index contributed by atoms with van der Waals surface area (Å²) < 4.78 is 19.9. The number of halogens is 2. The highest BCUT2D eigenvalue weighted by Gasteiger charge is 2.08. The second-order valence-electron chi connectivity index (χ2n) is 4.77. The van der Waals surface area contributed by atoms with Gasteiger partial charge in [0, 0.05) is 16.9 Å². The van der Waals surface area contributed by atoms with E-state index < -0.39 is 5.91 Å². The molecule has 2 aromatic heterocycles. The highest BCUT2D eigenvalue weighted by atomic mass is 79.9. The first kappa shape index (κ1) is 16.1. The van der Waals surface area contributed by atoms with Gasteiger partial charge in [0.15, 0.2) is 0 Å². The maximum Gasteiger partial charge on any atom is 0.272 e. The van der Waals surface area contributed by atoms with Gasteiger partial charge >= 0.3 is 0 Å². The molecular formula is C17H11BrFN3O2. The molecule has 0 fully saturated rings. The minimum Gasteiger partial charge on any atom is -0.455 e. The van der Waals surface area contributed by atoms with Gasteiger partial charge in [0.05, 0.1) is 17.3 Å². The van der Waals surface area contributed by atoms with Crippen LogP contribution in [0.2, 0.25) is 0 Å². The van der Waals surface area contributed by atoms with Crippen molar-refractivity contribution in [2.24, 2.45) is 5.10 Å². The Balaban J connectivity index is 1.68. The van der Waals surface area contributed by atoms with Crippen molar-refractivity contribution in [1.29, 1.82) is 0 Å². The van der Waals surface area contributed by atoms with E-state index in [0.717, 1.165) is 0 Å². The number of benzene rings is 1. The van der Waals surface area contributed by atoms with Gasteiger partial charge in [-0.1, -0.05) is 12.1 Å². The summed E-state index contributed by atoms with van der Waals surface area (Å²) in [5.74, 6) is 0.00437. The van der Waals surface area contributed by atoms with Gasteiger partial charge in [-0.15, -0.1) is 0 Å². The summed E-state index contributed by atoms with van der Waals surface area (Å²) in [6.45, 7) is 0. The summed E-state index contributed by atoms with van der Waals surface area (Å²) in [6, 6.07) is 11.2. The van der Waals surface area contributed by atoms with Crippen molar-refractivity contribution >= 4 is 28.1 Å². The number of hydrogen-bond acceptors (Lipinski definition) is 4. The Morgan fingerprint density at radius 3 is 2.88 bits per heavy atom. The highest BCUT2D eigenvalue weighted by Crippen LogP contribution is 2.24. The lowest BCUT2D eigenvalue weighted by molar-refractivity contribution is 0.0954. The Labute approximate surface area is 145 Å². The number of furan rings is 1. The van der Waals surface area contributed by atoms with Crippen LogP contribution in [0.5, 0.6) is 0 Å². The number of carbonyl (C=O) groups excluding carboxylic acids is 1. The molecule has 1 N–H and O–H groups in total. The molecule has 0 aliphatic rings. The number of aromatic nitrogens is 1. The zero-order chi connectivity index (χ0) is 16.9. The van der Waals surface area contributed by atoms with Gasteiger partial charge < -0.3 is 4.42 Å². The van der Waals surface area contributed by atoms with E-state index in [0.29, 0.717) is 27.1 Å². The molecule has 2 heterocycles. The fourth-order valence-electron chi connectivity index (χ4n) is 1.98. The number of hydrogen-bond donors (Lipinski definition) is 1. The standard InChI is InChI=1S/C17H11BrFN3O2/c18-12-7-11(8-20-9-12)17(23)22-21-10-13-5-6-16(24-13)14-3-1-2-4-15(14)19/h1-10H,(H,22,23). The maximum absolute atomic E-state index is 13.7. The molecule has 120 valence electrons. The number of nitrogens with zero attached hydrogens (tertiary/aromatic N) is 2. The minimum atomic E-state index is -0.402.